The van der Waals surface area contributed by atoms with Crippen LogP contribution in [0.25, 0.3) is 5.69 Å². The SMILES string of the molecule is CCCN(CC(=O)c1c(C(C)C)[nH]n(-c2ccc(C)cc2)c1=O)C(=O)c1cc(C(F)(F)F)cc(C(F)(F)F)c1. The molecule has 0 aliphatic rings. The lowest BCUT2D eigenvalue weighted by molar-refractivity contribution is -0.143. The third-order valence-electron chi connectivity index (χ3n) is 6.02. The van der Waals surface area contributed by atoms with Gasteiger partial charge in [0.2, 0.25) is 0 Å². The van der Waals surface area contributed by atoms with Gasteiger partial charge in [-0.15, -0.1) is 0 Å². The Kier molecular flexibility index (Phi) is 8.47. The highest BCUT2D eigenvalue weighted by atomic mass is 19.4. The molecule has 0 saturated heterocycles. The molecule has 39 heavy (non-hydrogen) atoms. The fraction of sp³-hybridized carbons (Fsp3) is 0.370. The number of aromatic amines is 1. The number of Topliss-reactive ketones (excluding diaryl/α,β-unsaturated/α-hetero) is 1. The van der Waals surface area contributed by atoms with E-state index in [1.807, 2.05) is 6.92 Å². The lowest BCUT2D eigenvalue weighted by Crippen LogP contribution is -2.38. The van der Waals surface area contributed by atoms with Gasteiger partial charge in [0.25, 0.3) is 11.5 Å². The van der Waals surface area contributed by atoms with Crippen LogP contribution in [0, 0.1) is 6.92 Å². The Morgan fingerprint density at radius 2 is 1.49 bits per heavy atom. The molecule has 0 atom stereocenters. The van der Waals surface area contributed by atoms with Crippen LogP contribution >= 0.6 is 0 Å². The number of halogens is 6. The van der Waals surface area contributed by atoms with Crippen molar-refractivity contribution in [2.75, 3.05) is 13.1 Å². The predicted molar refractivity (Wildman–Crippen MR) is 132 cm³/mol. The molecule has 6 nitrogen and oxygen atoms in total. The van der Waals surface area contributed by atoms with Gasteiger partial charge < -0.3 is 4.90 Å². The summed E-state index contributed by atoms with van der Waals surface area (Å²) in [5.74, 6) is -2.31. The first kappa shape index (κ1) is 29.7. The molecule has 0 spiro atoms. The molecule has 210 valence electrons. The Labute approximate surface area is 220 Å². The molecule has 0 bridgehead atoms. The van der Waals surface area contributed by atoms with E-state index in [-0.39, 0.29) is 36.2 Å². The van der Waals surface area contributed by atoms with Crippen LogP contribution in [0.2, 0.25) is 0 Å². The summed E-state index contributed by atoms with van der Waals surface area (Å²) in [5, 5.41) is 2.91. The number of nitrogens with one attached hydrogen (secondary N) is 1. The number of aryl methyl sites for hydroxylation is 1. The summed E-state index contributed by atoms with van der Waals surface area (Å²) in [5.41, 5.74) is -3.39. The van der Waals surface area contributed by atoms with E-state index in [2.05, 4.69) is 5.10 Å². The van der Waals surface area contributed by atoms with E-state index in [0.717, 1.165) is 10.5 Å². The molecule has 1 N–H and O–H groups in total. The fourth-order valence-corrected chi connectivity index (χ4v) is 4.05. The first-order valence-electron chi connectivity index (χ1n) is 12.1. The Morgan fingerprint density at radius 1 is 0.949 bits per heavy atom. The zero-order valence-electron chi connectivity index (χ0n) is 21.6. The van der Waals surface area contributed by atoms with Gasteiger partial charge >= 0.3 is 12.4 Å². The van der Waals surface area contributed by atoms with Gasteiger partial charge in [-0.05, 0) is 49.6 Å². The second-order valence-corrected chi connectivity index (χ2v) is 9.48. The molecule has 1 aromatic heterocycles. The standard InChI is InChI=1S/C27H27F6N3O3/c1-5-10-35(24(38)17-11-18(26(28,29)30)13-19(12-17)27(31,32)33)14-21(37)22-23(15(2)3)34-36(25(22)39)20-8-6-16(4)7-9-20/h6-9,11-13,15,34H,5,10,14H2,1-4H3. The molecule has 0 radical (unpaired) electrons. The summed E-state index contributed by atoms with van der Waals surface area (Å²) in [6.07, 6.45) is -10.0. The summed E-state index contributed by atoms with van der Waals surface area (Å²) in [7, 11) is 0. The first-order valence-corrected chi connectivity index (χ1v) is 12.1. The first-order chi connectivity index (χ1) is 18.0. The zero-order chi connectivity index (χ0) is 29.3. The Bertz CT molecular complexity index is 1380. The molecule has 2 aromatic carbocycles. The lowest BCUT2D eigenvalue weighted by Gasteiger charge is -2.23. The van der Waals surface area contributed by atoms with Crippen LogP contribution < -0.4 is 5.56 Å². The van der Waals surface area contributed by atoms with Crippen molar-refractivity contribution < 1.29 is 35.9 Å². The molecule has 1 amide bonds. The van der Waals surface area contributed by atoms with E-state index < -0.39 is 52.8 Å². The minimum Gasteiger partial charge on any atom is -0.331 e. The van der Waals surface area contributed by atoms with Gasteiger partial charge in [-0.2, -0.15) is 26.3 Å². The smallest absolute Gasteiger partial charge is 0.331 e. The molecule has 1 heterocycles. The normalized spacial score (nSPS) is 12.2. The highest BCUT2D eigenvalue weighted by Gasteiger charge is 2.38. The number of benzene rings is 2. The number of carbonyl (C=O) groups is 2. The van der Waals surface area contributed by atoms with Crippen molar-refractivity contribution in [2.24, 2.45) is 0 Å². The third-order valence-corrected chi connectivity index (χ3v) is 6.02. The monoisotopic (exact) mass is 555 g/mol. The van der Waals surface area contributed by atoms with Crippen molar-refractivity contribution in [1.29, 1.82) is 0 Å². The number of rotatable bonds is 8. The van der Waals surface area contributed by atoms with Gasteiger partial charge in [-0.1, -0.05) is 38.5 Å². The molecule has 0 saturated carbocycles. The topological polar surface area (TPSA) is 75.2 Å². The highest BCUT2D eigenvalue weighted by Crippen LogP contribution is 2.36. The van der Waals surface area contributed by atoms with Crippen LogP contribution in [0.3, 0.4) is 0 Å². The summed E-state index contributed by atoms with van der Waals surface area (Å²) in [6.45, 7) is 6.09. The number of amides is 1. The van der Waals surface area contributed by atoms with Gasteiger partial charge in [-0.25, -0.2) is 4.68 Å². The number of hydrogen-bond acceptors (Lipinski definition) is 3. The summed E-state index contributed by atoms with van der Waals surface area (Å²) in [6, 6.07) is 7.45. The van der Waals surface area contributed by atoms with Gasteiger partial charge in [0.05, 0.1) is 29.1 Å². The number of aromatic nitrogens is 2. The van der Waals surface area contributed by atoms with Crippen LogP contribution in [-0.4, -0.2) is 39.5 Å². The fourth-order valence-electron chi connectivity index (χ4n) is 4.05. The Morgan fingerprint density at radius 3 is 1.95 bits per heavy atom. The molecule has 12 heteroatoms. The van der Waals surface area contributed by atoms with Crippen LogP contribution in [0.4, 0.5) is 26.3 Å². The average molecular weight is 556 g/mol. The molecule has 0 aliphatic carbocycles. The molecular formula is C27H27F6N3O3. The van der Waals surface area contributed by atoms with E-state index in [1.54, 1.807) is 45.0 Å². The predicted octanol–water partition coefficient (Wildman–Crippen LogP) is 6.37. The van der Waals surface area contributed by atoms with Crippen molar-refractivity contribution >= 4 is 11.7 Å². The van der Waals surface area contributed by atoms with E-state index in [1.165, 1.54) is 4.68 Å². The van der Waals surface area contributed by atoms with Gasteiger partial charge in [0.15, 0.2) is 5.78 Å². The second kappa shape index (κ2) is 11.1. The number of alkyl halides is 6. The largest absolute Gasteiger partial charge is 0.416 e. The average Bonchev–Trinajstić information content (AvgIpc) is 3.20. The van der Waals surface area contributed by atoms with E-state index in [0.29, 0.717) is 17.8 Å². The van der Waals surface area contributed by atoms with E-state index in [9.17, 15) is 40.7 Å². The maximum Gasteiger partial charge on any atom is 0.416 e. The Hall–Kier alpha value is -3.83. The summed E-state index contributed by atoms with van der Waals surface area (Å²) in [4.78, 5) is 40.7. The molecule has 0 fully saturated rings. The van der Waals surface area contributed by atoms with E-state index >= 15 is 0 Å². The quantitative estimate of drug-likeness (QED) is 0.259. The minimum atomic E-state index is -5.14. The van der Waals surface area contributed by atoms with Crippen molar-refractivity contribution in [3.63, 3.8) is 0 Å². The van der Waals surface area contributed by atoms with Crippen LogP contribution in [0.15, 0.2) is 47.3 Å². The van der Waals surface area contributed by atoms with Crippen molar-refractivity contribution in [1.82, 2.24) is 14.7 Å². The minimum absolute atomic E-state index is 0.0751. The van der Waals surface area contributed by atoms with Crippen LogP contribution in [0.1, 0.15) is 76.2 Å². The highest BCUT2D eigenvalue weighted by molar-refractivity contribution is 6.03. The van der Waals surface area contributed by atoms with Gasteiger partial charge in [-0.3, -0.25) is 19.5 Å². The molecule has 3 rings (SSSR count). The zero-order valence-corrected chi connectivity index (χ0v) is 21.6. The lowest BCUT2D eigenvalue weighted by atomic mass is 10.0. The number of H-pyrrole nitrogens is 1. The van der Waals surface area contributed by atoms with Gasteiger partial charge in [0, 0.05) is 12.1 Å². The van der Waals surface area contributed by atoms with Crippen molar-refractivity contribution in [3.05, 3.63) is 86.3 Å². The third kappa shape index (κ3) is 6.61. The van der Waals surface area contributed by atoms with Crippen molar-refractivity contribution in [2.45, 2.75) is 52.4 Å². The number of nitrogens with zero attached hydrogens (tertiary/aromatic N) is 2. The van der Waals surface area contributed by atoms with Crippen LogP contribution in [0.5, 0.6) is 0 Å². The maximum absolute atomic E-state index is 13.4. The van der Waals surface area contributed by atoms with Crippen molar-refractivity contribution in [3.8, 4) is 5.69 Å². The number of carbonyl (C=O) groups excluding carboxylic acids is 2. The number of ketones is 1. The maximum atomic E-state index is 13.4. The Balaban J connectivity index is 2.04. The molecular weight excluding hydrogens is 528 g/mol. The van der Waals surface area contributed by atoms with E-state index in [4.69, 9.17) is 0 Å². The molecule has 0 unspecified atom stereocenters. The van der Waals surface area contributed by atoms with Crippen LogP contribution in [-0.2, 0) is 12.4 Å². The summed E-state index contributed by atoms with van der Waals surface area (Å²) >= 11 is 0. The molecule has 0 aliphatic heterocycles. The molecule has 3 aromatic rings. The van der Waals surface area contributed by atoms with Gasteiger partial charge in [0.1, 0.15) is 5.56 Å². The number of hydrogen-bond donors (Lipinski definition) is 1. The second-order valence-electron chi connectivity index (χ2n) is 9.48. The summed E-state index contributed by atoms with van der Waals surface area (Å²) < 4.78 is 81.1.